The molecule has 1 aromatic heterocycles. The fraction of sp³-hybridized carbons (Fsp3) is 0.375. The van der Waals surface area contributed by atoms with Crippen LogP contribution in [0.15, 0.2) is 0 Å². The Balaban J connectivity index is 2.97. The van der Waals surface area contributed by atoms with Crippen LogP contribution in [-0.2, 0) is 4.79 Å². The Morgan fingerprint density at radius 1 is 1.62 bits per heavy atom. The molecule has 0 saturated carbocycles. The van der Waals surface area contributed by atoms with Crippen LogP contribution in [0.2, 0.25) is 0 Å². The van der Waals surface area contributed by atoms with Crippen LogP contribution in [0.4, 0.5) is 0 Å². The minimum Gasteiger partial charge on any atom is -0.472 e. The predicted molar refractivity (Wildman–Crippen MR) is 48.5 cm³/mol. The Bertz CT molecular complexity index is 373. The molecule has 0 saturated heterocycles. The highest BCUT2D eigenvalue weighted by atomic mass is 32.1. The first kappa shape index (κ1) is 9.68. The summed E-state index contributed by atoms with van der Waals surface area (Å²) in [5.41, 5.74) is 0.763. The number of carboxylic acid groups (broad SMARTS) is 1. The highest BCUT2D eigenvalue weighted by Crippen LogP contribution is 2.17. The Labute approximate surface area is 79.8 Å². The van der Waals surface area contributed by atoms with Crippen LogP contribution in [0.3, 0.4) is 0 Å². The van der Waals surface area contributed by atoms with Gasteiger partial charge < -0.3 is 5.11 Å². The van der Waals surface area contributed by atoms with Gasteiger partial charge in [-0.1, -0.05) is 18.3 Å². The van der Waals surface area contributed by atoms with Gasteiger partial charge in [-0.15, -0.1) is 5.10 Å². The first-order chi connectivity index (χ1) is 6.11. The Morgan fingerprint density at radius 3 is 2.85 bits per heavy atom. The number of carboxylic acids is 1. The molecule has 1 heterocycles. The van der Waals surface area contributed by atoms with Crippen LogP contribution in [0.25, 0.3) is 0 Å². The zero-order valence-electron chi connectivity index (χ0n) is 7.24. The Morgan fingerprint density at radius 2 is 2.31 bits per heavy atom. The van der Waals surface area contributed by atoms with Gasteiger partial charge in [-0.2, -0.15) is 0 Å². The van der Waals surface area contributed by atoms with Gasteiger partial charge in [0.1, 0.15) is 4.88 Å². The van der Waals surface area contributed by atoms with E-state index in [0.717, 1.165) is 17.2 Å². The number of aromatic nitrogens is 2. The topological polar surface area (TPSA) is 63.1 Å². The third-order valence-corrected chi connectivity index (χ3v) is 2.00. The van der Waals surface area contributed by atoms with E-state index in [1.54, 1.807) is 0 Å². The van der Waals surface area contributed by atoms with E-state index < -0.39 is 5.97 Å². The van der Waals surface area contributed by atoms with Crippen molar-refractivity contribution in [3.63, 3.8) is 0 Å². The van der Waals surface area contributed by atoms with Crippen molar-refractivity contribution in [3.8, 4) is 11.8 Å². The number of nitrogens with zero attached hydrogens (tertiary/aromatic N) is 2. The van der Waals surface area contributed by atoms with Gasteiger partial charge in [-0.3, -0.25) is 0 Å². The lowest BCUT2D eigenvalue weighted by Crippen LogP contribution is -1.92. The smallest absolute Gasteiger partial charge is 0.382 e. The minimum absolute atomic E-state index is 0.219. The Kier molecular flexibility index (Phi) is 2.98. The van der Waals surface area contributed by atoms with Gasteiger partial charge in [0, 0.05) is 5.92 Å². The molecule has 0 aliphatic carbocycles. The van der Waals surface area contributed by atoms with Gasteiger partial charge in [0.05, 0.1) is 5.69 Å². The molecule has 68 valence electrons. The lowest BCUT2D eigenvalue weighted by atomic mass is 10.1. The third kappa shape index (κ3) is 2.53. The maximum Gasteiger partial charge on any atom is 0.382 e. The predicted octanol–water partition coefficient (Wildman–Crippen LogP) is 1.10. The molecule has 5 heteroatoms. The lowest BCUT2D eigenvalue weighted by Gasteiger charge is -1.96. The van der Waals surface area contributed by atoms with E-state index in [9.17, 15) is 4.79 Å². The molecule has 1 aromatic rings. The van der Waals surface area contributed by atoms with Crippen molar-refractivity contribution < 1.29 is 9.90 Å². The summed E-state index contributed by atoms with van der Waals surface area (Å²) >= 11 is 1.12. The van der Waals surface area contributed by atoms with Gasteiger partial charge >= 0.3 is 5.97 Å². The molecule has 0 fully saturated rings. The molecule has 0 spiro atoms. The Hall–Kier alpha value is -1.41. The van der Waals surface area contributed by atoms with Crippen LogP contribution in [0.5, 0.6) is 0 Å². The number of aliphatic carboxylic acids is 1. The van der Waals surface area contributed by atoms with Crippen LogP contribution in [0.1, 0.15) is 30.3 Å². The highest BCUT2D eigenvalue weighted by molar-refractivity contribution is 7.06. The second-order valence-corrected chi connectivity index (χ2v) is 3.45. The summed E-state index contributed by atoms with van der Waals surface area (Å²) in [5, 5.41) is 12.2. The normalized spacial score (nSPS) is 9.46. The van der Waals surface area contributed by atoms with Gasteiger partial charge in [-0.05, 0) is 23.4 Å². The van der Waals surface area contributed by atoms with E-state index in [1.165, 1.54) is 0 Å². The summed E-state index contributed by atoms with van der Waals surface area (Å²) in [7, 11) is 0. The van der Waals surface area contributed by atoms with Crippen molar-refractivity contribution in [1.82, 2.24) is 9.59 Å². The maximum atomic E-state index is 10.2. The van der Waals surface area contributed by atoms with E-state index in [1.807, 2.05) is 19.8 Å². The van der Waals surface area contributed by atoms with Gasteiger partial charge in [0.2, 0.25) is 0 Å². The van der Waals surface area contributed by atoms with Crippen molar-refractivity contribution in [2.24, 2.45) is 0 Å². The van der Waals surface area contributed by atoms with Gasteiger partial charge in [0.15, 0.2) is 0 Å². The van der Waals surface area contributed by atoms with Crippen molar-refractivity contribution in [2.75, 3.05) is 0 Å². The van der Waals surface area contributed by atoms with Gasteiger partial charge in [-0.25, -0.2) is 4.79 Å². The van der Waals surface area contributed by atoms with Crippen molar-refractivity contribution >= 4 is 17.5 Å². The van der Waals surface area contributed by atoms with Crippen LogP contribution in [-0.4, -0.2) is 20.7 Å². The van der Waals surface area contributed by atoms with Crippen LogP contribution >= 0.6 is 11.5 Å². The lowest BCUT2D eigenvalue weighted by molar-refractivity contribution is -0.130. The van der Waals surface area contributed by atoms with E-state index >= 15 is 0 Å². The average molecular weight is 196 g/mol. The zero-order chi connectivity index (χ0) is 9.84. The third-order valence-electron chi connectivity index (χ3n) is 1.34. The number of carbonyl (C=O) groups is 1. The molecular weight excluding hydrogens is 188 g/mol. The molecule has 0 atom stereocenters. The maximum absolute atomic E-state index is 10.2. The second kappa shape index (κ2) is 4.01. The molecular formula is C8H8N2O2S. The minimum atomic E-state index is -1.14. The summed E-state index contributed by atoms with van der Waals surface area (Å²) in [6.45, 7) is 3.92. The monoisotopic (exact) mass is 196 g/mol. The summed E-state index contributed by atoms with van der Waals surface area (Å²) in [6.07, 6.45) is 0. The summed E-state index contributed by atoms with van der Waals surface area (Å²) < 4.78 is 3.72. The van der Waals surface area contributed by atoms with Crippen molar-refractivity contribution in [1.29, 1.82) is 0 Å². The number of hydrogen-bond acceptors (Lipinski definition) is 4. The van der Waals surface area contributed by atoms with E-state index in [2.05, 4.69) is 15.5 Å². The zero-order valence-corrected chi connectivity index (χ0v) is 8.05. The summed E-state index contributed by atoms with van der Waals surface area (Å²) in [6, 6.07) is 0. The molecule has 1 rings (SSSR count). The molecule has 0 unspecified atom stereocenters. The van der Waals surface area contributed by atoms with E-state index in [0.29, 0.717) is 4.88 Å². The molecule has 13 heavy (non-hydrogen) atoms. The summed E-state index contributed by atoms with van der Waals surface area (Å²) in [4.78, 5) is 10.8. The SMILES string of the molecule is CC(C)c1nnsc1C#CC(=O)O. The average Bonchev–Trinajstić information content (AvgIpc) is 2.47. The van der Waals surface area contributed by atoms with Crippen molar-refractivity contribution in [2.45, 2.75) is 19.8 Å². The molecule has 1 N–H and O–H groups in total. The van der Waals surface area contributed by atoms with Crippen molar-refractivity contribution in [3.05, 3.63) is 10.6 Å². The largest absolute Gasteiger partial charge is 0.472 e. The second-order valence-electron chi connectivity index (χ2n) is 2.70. The molecule has 0 radical (unpaired) electrons. The number of hydrogen-bond donors (Lipinski definition) is 1. The fourth-order valence-corrected chi connectivity index (χ4v) is 1.45. The van der Waals surface area contributed by atoms with E-state index in [4.69, 9.17) is 5.11 Å². The molecule has 4 nitrogen and oxygen atoms in total. The molecule has 0 aliphatic rings. The molecule has 0 aliphatic heterocycles. The van der Waals surface area contributed by atoms with Gasteiger partial charge in [0.25, 0.3) is 0 Å². The molecule has 0 aromatic carbocycles. The fourth-order valence-electron chi connectivity index (χ4n) is 0.772. The van der Waals surface area contributed by atoms with Crippen LogP contribution < -0.4 is 0 Å². The molecule has 0 amide bonds. The standard InChI is InChI=1S/C8H8N2O2S/c1-5(2)8-6(13-10-9-8)3-4-7(11)12/h5H,1-2H3,(H,11,12). The number of rotatable bonds is 1. The quantitative estimate of drug-likeness (QED) is 0.683. The highest BCUT2D eigenvalue weighted by Gasteiger charge is 2.09. The first-order valence-corrected chi connectivity index (χ1v) is 4.45. The summed E-state index contributed by atoms with van der Waals surface area (Å²) in [5.74, 6) is 3.64. The molecule has 0 bridgehead atoms. The van der Waals surface area contributed by atoms with Crippen LogP contribution in [0, 0.1) is 11.8 Å². The first-order valence-electron chi connectivity index (χ1n) is 3.68. The van der Waals surface area contributed by atoms with E-state index in [-0.39, 0.29) is 5.92 Å².